The second-order valence-corrected chi connectivity index (χ2v) is 5.62. The summed E-state index contributed by atoms with van der Waals surface area (Å²) in [5, 5.41) is -0.457. The number of fused-ring (bicyclic) bond motifs is 1. The Labute approximate surface area is 127 Å². The van der Waals surface area contributed by atoms with Crippen LogP contribution in [-0.4, -0.2) is 23.8 Å². The number of rotatable bonds is 2. The number of nitrogens with zero attached hydrogens (tertiary/aromatic N) is 1. The molecule has 0 aliphatic carbocycles. The molecule has 1 aliphatic heterocycles. The highest BCUT2D eigenvalue weighted by Crippen LogP contribution is 2.33. The van der Waals surface area contributed by atoms with E-state index in [4.69, 9.17) is 16.0 Å². The van der Waals surface area contributed by atoms with Crippen molar-refractivity contribution in [2.45, 2.75) is 18.7 Å². The third-order valence-corrected chi connectivity index (χ3v) is 4.26. The number of imide groups is 1. The fourth-order valence-corrected chi connectivity index (χ4v) is 2.84. The highest BCUT2D eigenvalue weighted by molar-refractivity contribution is 6.22. The Bertz CT molecular complexity index is 735. The fourth-order valence-electron chi connectivity index (χ4n) is 2.48. The molecule has 0 saturated carbocycles. The molecule has 5 heteroatoms. The maximum absolute atomic E-state index is 12.2. The van der Waals surface area contributed by atoms with Gasteiger partial charge in [0.2, 0.25) is 5.91 Å². The number of carbonyl (C=O) groups excluding carboxylic acids is 2. The molecule has 21 heavy (non-hydrogen) atoms. The zero-order chi connectivity index (χ0) is 15.1. The number of halogens is 1. The number of furan rings is 1. The van der Waals surface area contributed by atoms with Gasteiger partial charge in [0.05, 0.1) is 12.7 Å². The molecule has 0 N–H and O–H groups in total. The number of alkyl halides is 1. The summed E-state index contributed by atoms with van der Waals surface area (Å²) in [6.07, 6.45) is 1.83. The van der Waals surface area contributed by atoms with Crippen LogP contribution in [0.25, 0.3) is 0 Å². The lowest BCUT2D eigenvalue weighted by molar-refractivity contribution is -0.127. The van der Waals surface area contributed by atoms with Crippen LogP contribution in [0.5, 0.6) is 0 Å². The largest absolute Gasteiger partial charge is 0.467 e. The van der Waals surface area contributed by atoms with Crippen LogP contribution >= 0.6 is 11.6 Å². The minimum atomic E-state index is -0.457. The summed E-state index contributed by atoms with van der Waals surface area (Å²) in [6, 6.07) is 7.23. The predicted octanol–water partition coefficient (Wildman–Crippen LogP) is 3.07. The molecule has 1 aliphatic rings. The van der Waals surface area contributed by atoms with Gasteiger partial charge in [-0.15, -0.1) is 11.6 Å². The topological polar surface area (TPSA) is 50.5 Å². The first-order chi connectivity index (χ1) is 9.99. The summed E-state index contributed by atoms with van der Waals surface area (Å²) in [6.45, 7) is 1.92. The fraction of sp³-hybridized carbons (Fsp3) is 0.250. The Morgan fingerprint density at radius 3 is 2.71 bits per heavy atom. The highest BCUT2D eigenvalue weighted by atomic mass is 35.5. The lowest BCUT2D eigenvalue weighted by Crippen LogP contribution is -2.39. The van der Waals surface area contributed by atoms with E-state index in [0.717, 1.165) is 21.6 Å². The molecule has 0 radical (unpaired) electrons. The average molecular weight is 304 g/mol. The molecule has 4 nitrogen and oxygen atoms in total. The van der Waals surface area contributed by atoms with E-state index in [9.17, 15) is 9.59 Å². The van der Waals surface area contributed by atoms with E-state index in [1.807, 2.05) is 19.1 Å². The van der Waals surface area contributed by atoms with E-state index >= 15 is 0 Å². The maximum atomic E-state index is 12.2. The van der Waals surface area contributed by atoms with Gasteiger partial charge in [0.25, 0.3) is 5.91 Å². The lowest BCUT2D eigenvalue weighted by atomic mass is 9.95. The van der Waals surface area contributed by atoms with Crippen molar-refractivity contribution in [3.8, 4) is 0 Å². The molecule has 0 saturated heterocycles. The Morgan fingerprint density at radius 1 is 1.29 bits per heavy atom. The number of amides is 2. The van der Waals surface area contributed by atoms with Crippen molar-refractivity contribution in [1.82, 2.24) is 4.90 Å². The average Bonchev–Trinajstić information content (AvgIpc) is 2.90. The van der Waals surface area contributed by atoms with Crippen LogP contribution in [0.1, 0.15) is 38.2 Å². The smallest absolute Gasteiger partial charge is 0.260 e. The molecular weight excluding hydrogens is 290 g/mol. The molecule has 3 rings (SSSR count). The molecule has 0 bridgehead atoms. The Kier molecular flexibility index (Phi) is 3.33. The van der Waals surface area contributed by atoms with Gasteiger partial charge in [-0.1, -0.05) is 12.1 Å². The molecular formula is C16H14ClNO3. The van der Waals surface area contributed by atoms with Gasteiger partial charge in [-0.05, 0) is 35.7 Å². The molecule has 1 aromatic carbocycles. The number of hydrogen-bond acceptors (Lipinski definition) is 3. The standard InChI is InChI=1S/C16H14ClNO3/c1-9-5-6-21-15(9)14(17)11-4-3-10-8-13(19)18(2)16(20)12(10)7-11/h3-7,14H,8H2,1-2H3. The van der Waals surface area contributed by atoms with Gasteiger partial charge in [-0.25, -0.2) is 0 Å². The molecule has 2 heterocycles. The van der Waals surface area contributed by atoms with Crippen molar-refractivity contribution in [1.29, 1.82) is 0 Å². The van der Waals surface area contributed by atoms with E-state index in [1.165, 1.54) is 7.05 Å². The van der Waals surface area contributed by atoms with Crippen molar-refractivity contribution in [3.63, 3.8) is 0 Å². The summed E-state index contributed by atoms with van der Waals surface area (Å²) in [5.41, 5.74) is 3.02. The number of carbonyl (C=O) groups is 2. The van der Waals surface area contributed by atoms with Crippen molar-refractivity contribution in [2.24, 2.45) is 0 Å². The van der Waals surface area contributed by atoms with Crippen LogP contribution < -0.4 is 0 Å². The van der Waals surface area contributed by atoms with E-state index in [-0.39, 0.29) is 18.2 Å². The molecule has 1 atom stereocenters. The van der Waals surface area contributed by atoms with E-state index in [0.29, 0.717) is 11.3 Å². The van der Waals surface area contributed by atoms with Crippen LogP contribution in [-0.2, 0) is 11.2 Å². The summed E-state index contributed by atoms with van der Waals surface area (Å²) in [5.74, 6) is 0.192. The first-order valence-corrected chi connectivity index (χ1v) is 7.04. The van der Waals surface area contributed by atoms with Crippen LogP contribution in [0.15, 0.2) is 34.9 Å². The van der Waals surface area contributed by atoms with Gasteiger partial charge in [-0.3, -0.25) is 14.5 Å². The third-order valence-electron chi connectivity index (χ3n) is 3.81. The lowest BCUT2D eigenvalue weighted by Gasteiger charge is -2.24. The highest BCUT2D eigenvalue weighted by Gasteiger charge is 2.29. The molecule has 0 spiro atoms. The second-order valence-electron chi connectivity index (χ2n) is 5.18. The summed E-state index contributed by atoms with van der Waals surface area (Å²) in [4.78, 5) is 25.0. The predicted molar refractivity (Wildman–Crippen MR) is 78.4 cm³/mol. The second kappa shape index (κ2) is 5.04. The maximum Gasteiger partial charge on any atom is 0.260 e. The van der Waals surface area contributed by atoms with Gasteiger partial charge in [0.15, 0.2) is 0 Å². The van der Waals surface area contributed by atoms with Gasteiger partial charge in [0.1, 0.15) is 11.1 Å². The minimum Gasteiger partial charge on any atom is -0.467 e. The normalized spacial score (nSPS) is 16.0. The number of likely N-dealkylation sites (N-methyl/N-ethyl adjacent to an activating group) is 1. The van der Waals surface area contributed by atoms with Crippen LogP contribution in [0.2, 0.25) is 0 Å². The van der Waals surface area contributed by atoms with Gasteiger partial charge < -0.3 is 4.42 Å². The van der Waals surface area contributed by atoms with Crippen LogP contribution in [0.4, 0.5) is 0 Å². The van der Waals surface area contributed by atoms with Crippen molar-refractivity contribution in [2.75, 3.05) is 7.05 Å². The molecule has 1 unspecified atom stereocenters. The summed E-state index contributed by atoms with van der Waals surface area (Å²) < 4.78 is 5.41. The SMILES string of the molecule is Cc1ccoc1C(Cl)c1ccc2c(c1)C(=O)N(C)C(=O)C2. The zero-order valence-electron chi connectivity index (χ0n) is 11.7. The minimum absolute atomic E-state index is 0.190. The molecule has 108 valence electrons. The molecule has 2 amide bonds. The zero-order valence-corrected chi connectivity index (χ0v) is 12.5. The van der Waals surface area contributed by atoms with Gasteiger partial charge in [0, 0.05) is 12.6 Å². The monoisotopic (exact) mass is 303 g/mol. The van der Waals surface area contributed by atoms with E-state index in [1.54, 1.807) is 18.4 Å². The quantitative estimate of drug-likeness (QED) is 0.633. The van der Waals surface area contributed by atoms with Gasteiger partial charge >= 0.3 is 0 Å². The summed E-state index contributed by atoms with van der Waals surface area (Å²) >= 11 is 6.45. The molecule has 0 fully saturated rings. The number of aryl methyl sites for hydroxylation is 1. The van der Waals surface area contributed by atoms with E-state index < -0.39 is 5.38 Å². The molecule has 1 aromatic heterocycles. The van der Waals surface area contributed by atoms with Crippen molar-refractivity contribution in [3.05, 3.63) is 58.5 Å². The Balaban J connectivity index is 2.02. The first-order valence-electron chi connectivity index (χ1n) is 6.61. The summed E-state index contributed by atoms with van der Waals surface area (Å²) in [7, 11) is 1.50. The van der Waals surface area contributed by atoms with Crippen molar-refractivity contribution < 1.29 is 14.0 Å². The third kappa shape index (κ3) is 2.25. The Morgan fingerprint density at radius 2 is 2.05 bits per heavy atom. The van der Waals surface area contributed by atoms with Crippen LogP contribution in [0.3, 0.4) is 0 Å². The first kappa shape index (κ1) is 13.9. The number of benzene rings is 1. The molecule has 2 aromatic rings. The van der Waals surface area contributed by atoms with Crippen molar-refractivity contribution >= 4 is 23.4 Å². The van der Waals surface area contributed by atoms with Crippen LogP contribution in [0, 0.1) is 6.92 Å². The Hall–Kier alpha value is -2.07. The van der Waals surface area contributed by atoms with Gasteiger partial charge in [-0.2, -0.15) is 0 Å². The number of hydrogen-bond donors (Lipinski definition) is 0. The van der Waals surface area contributed by atoms with E-state index in [2.05, 4.69) is 0 Å².